The number of ether oxygens (including phenoxy) is 2. The van der Waals surface area contributed by atoms with E-state index in [0.29, 0.717) is 12.0 Å². The molecule has 4 nitrogen and oxygen atoms in total. The summed E-state index contributed by atoms with van der Waals surface area (Å²) in [7, 11) is 0. The van der Waals surface area contributed by atoms with Crippen LogP contribution in [-0.2, 0) is 11.2 Å². The third kappa shape index (κ3) is 4.07. The minimum absolute atomic E-state index is 0.0796. The van der Waals surface area contributed by atoms with E-state index in [0.717, 1.165) is 46.4 Å². The summed E-state index contributed by atoms with van der Waals surface area (Å²) in [5, 5.41) is 0. The van der Waals surface area contributed by atoms with Crippen LogP contribution in [0.1, 0.15) is 55.0 Å². The van der Waals surface area contributed by atoms with E-state index in [1.807, 2.05) is 45.9 Å². The van der Waals surface area contributed by atoms with Crippen LogP contribution >= 0.6 is 0 Å². The van der Waals surface area contributed by atoms with Crippen LogP contribution in [0.15, 0.2) is 24.3 Å². The largest absolute Gasteiger partial charge is 0.490 e. The predicted molar refractivity (Wildman–Crippen MR) is 103 cm³/mol. The molecule has 0 saturated carbocycles. The van der Waals surface area contributed by atoms with Crippen molar-refractivity contribution >= 4 is 6.09 Å². The number of rotatable bonds is 4. The van der Waals surface area contributed by atoms with Crippen molar-refractivity contribution in [2.75, 3.05) is 0 Å². The Morgan fingerprint density at radius 2 is 1.85 bits per heavy atom. The Hall–Kier alpha value is -2.56. The summed E-state index contributed by atoms with van der Waals surface area (Å²) < 4.78 is 26.0. The van der Waals surface area contributed by atoms with Crippen LogP contribution in [0.5, 0.6) is 5.75 Å². The van der Waals surface area contributed by atoms with Crippen LogP contribution < -0.4 is 10.5 Å². The zero-order valence-corrected chi connectivity index (χ0v) is 16.3. The van der Waals surface area contributed by atoms with E-state index in [9.17, 15) is 9.18 Å². The van der Waals surface area contributed by atoms with Gasteiger partial charge in [0.1, 0.15) is 17.7 Å². The molecule has 0 aliphatic heterocycles. The zero-order chi connectivity index (χ0) is 19.7. The lowest BCUT2D eigenvalue weighted by molar-refractivity contribution is 0.0957. The molecule has 0 spiro atoms. The molecule has 0 heterocycles. The summed E-state index contributed by atoms with van der Waals surface area (Å²) in [6, 6.07) is 7.27. The molecule has 2 aromatic rings. The van der Waals surface area contributed by atoms with E-state index in [2.05, 4.69) is 0 Å². The summed E-state index contributed by atoms with van der Waals surface area (Å²) in [6.45, 7) is 7.92. The second kappa shape index (κ2) is 7.59. The number of hydrogen-bond donors (Lipinski definition) is 1. The van der Waals surface area contributed by atoms with Gasteiger partial charge in [0.05, 0.1) is 6.10 Å². The molecule has 0 saturated heterocycles. The SMILES string of the molecule is Cc1cc(-c2cc3c(cc2F)[C@H](OC(N)=O)CCC3)cc(C)c1OC(C)C. The van der Waals surface area contributed by atoms with Crippen molar-refractivity contribution in [3.8, 4) is 16.9 Å². The number of fused-ring (bicyclic) bond motifs is 1. The van der Waals surface area contributed by atoms with Crippen molar-refractivity contribution in [1.29, 1.82) is 0 Å². The van der Waals surface area contributed by atoms with Crippen molar-refractivity contribution < 1.29 is 18.7 Å². The summed E-state index contributed by atoms with van der Waals surface area (Å²) in [5.41, 5.74) is 10.2. The molecule has 1 aliphatic carbocycles. The highest BCUT2D eigenvalue weighted by atomic mass is 19.1. The summed E-state index contributed by atoms with van der Waals surface area (Å²) in [5.74, 6) is 0.520. The number of carbonyl (C=O) groups excluding carboxylic acids is 1. The number of halogens is 1. The number of carbonyl (C=O) groups is 1. The van der Waals surface area contributed by atoms with Gasteiger partial charge >= 0.3 is 6.09 Å². The average Bonchev–Trinajstić information content (AvgIpc) is 2.57. The smallest absolute Gasteiger partial charge is 0.405 e. The molecule has 0 unspecified atom stereocenters. The van der Waals surface area contributed by atoms with Crippen molar-refractivity contribution in [3.63, 3.8) is 0 Å². The molecule has 2 aromatic carbocycles. The van der Waals surface area contributed by atoms with E-state index in [-0.39, 0.29) is 11.9 Å². The van der Waals surface area contributed by atoms with Crippen LogP contribution in [0.4, 0.5) is 9.18 Å². The fourth-order valence-corrected chi connectivity index (χ4v) is 3.79. The maximum Gasteiger partial charge on any atom is 0.405 e. The molecule has 1 atom stereocenters. The van der Waals surface area contributed by atoms with E-state index < -0.39 is 12.2 Å². The van der Waals surface area contributed by atoms with E-state index in [1.165, 1.54) is 6.07 Å². The quantitative estimate of drug-likeness (QED) is 0.786. The first-order valence-corrected chi connectivity index (χ1v) is 9.33. The molecule has 2 N–H and O–H groups in total. The molecule has 0 aromatic heterocycles. The summed E-state index contributed by atoms with van der Waals surface area (Å²) in [4.78, 5) is 11.1. The average molecular weight is 371 g/mol. The zero-order valence-electron chi connectivity index (χ0n) is 16.3. The molecule has 1 aliphatic rings. The molecule has 5 heteroatoms. The Kier molecular flexibility index (Phi) is 5.40. The molecule has 144 valence electrons. The van der Waals surface area contributed by atoms with Crippen molar-refractivity contribution in [2.45, 2.75) is 59.2 Å². The third-order valence-corrected chi connectivity index (χ3v) is 4.87. The maximum absolute atomic E-state index is 14.9. The number of nitrogens with two attached hydrogens (primary N) is 1. The molecule has 0 radical (unpaired) electrons. The number of benzene rings is 2. The third-order valence-electron chi connectivity index (χ3n) is 4.87. The molecule has 0 bridgehead atoms. The van der Waals surface area contributed by atoms with Crippen LogP contribution in [0.25, 0.3) is 11.1 Å². The number of primary amides is 1. The summed E-state index contributed by atoms with van der Waals surface area (Å²) in [6.07, 6.45) is 1.14. The van der Waals surface area contributed by atoms with Gasteiger partial charge in [0.25, 0.3) is 0 Å². The second-order valence-corrected chi connectivity index (χ2v) is 7.45. The number of amides is 1. The van der Waals surface area contributed by atoms with Gasteiger partial charge in [-0.1, -0.05) is 0 Å². The van der Waals surface area contributed by atoms with Crippen LogP contribution in [0.3, 0.4) is 0 Å². The lowest BCUT2D eigenvalue weighted by Crippen LogP contribution is -2.21. The minimum Gasteiger partial charge on any atom is -0.490 e. The van der Waals surface area contributed by atoms with E-state index >= 15 is 0 Å². The number of hydrogen-bond acceptors (Lipinski definition) is 3. The molecule has 1 amide bonds. The predicted octanol–water partition coefficient (Wildman–Crippen LogP) is 5.37. The fraction of sp³-hybridized carbons (Fsp3) is 0.409. The van der Waals surface area contributed by atoms with Gasteiger partial charge in [-0.15, -0.1) is 0 Å². The molecular formula is C22H26FNO3. The molecule has 27 heavy (non-hydrogen) atoms. The van der Waals surface area contributed by atoms with E-state index in [4.69, 9.17) is 15.2 Å². The Bertz CT molecular complexity index is 853. The van der Waals surface area contributed by atoms with Gasteiger partial charge in [-0.25, -0.2) is 9.18 Å². The lowest BCUT2D eigenvalue weighted by Gasteiger charge is -2.26. The first-order valence-electron chi connectivity index (χ1n) is 9.33. The van der Waals surface area contributed by atoms with Crippen molar-refractivity contribution in [2.24, 2.45) is 5.73 Å². The van der Waals surface area contributed by atoms with Gasteiger partial charge in [0, 0.05) is 5.56 Å². The van der Waals surface area contributed by atoms with Crippen molar-refractivity contribution in [1.82, 2.24) is 0 Å². The minimum atomic E-state index is -0.829. The van der Waals surface area contributed by atoms with Crippen LogP contribution in [0, 0.1) is 19.7 Å². The Morgan fingerprint density at radius 1 is 1.19 bits per heavy atom. The highest BCUT2D eigenvalue weighted by Crippen LogP contribution is 2.38. The van der Waals surface area contributed by atoms with Gasteiger partial charge in [-0.05, 0) is 99.0 Å². The first-order chi connectivity index (χ1) is 12.8. The highest BCUT2D eigenvalue weighted by molar-refractivity contribution is 5.70. The van der Waals surface area contributed by atoms with Crippen LogP contribution in [-0.4, -0.2) is 12.2 Å². The maximum atomic E-state index is 14.9. The molecular weight excluding hydrogens is 345 g/mol. The topological polar surface area (TPSA) is 61.5 Å². The molecule has 0 fully saturated rings. The Labute approximate surface area is 159 Å². The van der Waals surface area contributed by atoms with Crippen molar-refractivity contribution in [3.05, 3.63) is 52.3 Å². The van der Waals surface area contributed by atoms with Gasteiger partial charge < -0.3 is 15.2 Å². The van der Waals surface area contributed by atoms with Gasteiger partial charge in [-0.3, -0.25) is 0 Å². The van der Waals surface area contributed by atoms with Gasteiger partial charge in [0.15, 0.2) is 0 Å². The lowest BCUT2D eigenvalue weighted by atomic mass is 9.86. The standard InChI is InChI=1S/C22H26FNO3/c1-12(2)26-21-13(3)8-16(9-14(21)4)17-10-15-6-5-7-20(27-22(24)25)18(15)11-19(17)23/h8-12,20H,5-7H2,1-4H3,(H2,24,25)/t20-/m1/s1. The highest BCUT2D eigenvalue weighted by Gasteiger charge is 2.25. The Balaban J connectivity index is 2.02. The number of aryl methyl sites for hydroxylation is 3. The fourth-order valence-electron chi connectivity index (χ4n) is 3.79. The second-order valence-electron chi connectivity index (χ2n) is 7.45. The normalized spacial score (nSPS) is 16.1. The Morgan fingerprint density at radius 3 is 2.44 bits per heavy atom. The van der Waals surface area contributed by atoms with Gasteiger partial charge in [-0.2, -0.15) is 0 Å². The molecule has 3 rings (SSSR count). The van der Waals surface area contributed by atoms with Crippen LogP contribution in [0.2, 0.25) is 0 Å². The summed E-state index contributed by atoms with van der Waals surface area (Å²) >= 11 is 0. The van der Waals surface area contributed by atoms with E-state index in [1.54, 1.807) is 0 Å². The van der Waals surface area contributed by atoms with Gasteiger partial charge in [0.2, 0.25) is 0 Å². The monoisotopic (exact) mass is 371 g/mol. The first kappa shape index (κ1) is 19.2.